The molecule has 2 aromatic rings. The molecule has 0 atom stereocenters. The molecular weight excluding hydrogens is 699 g/mol. The third-order valence-corrected chi connectivity index (χ3v) is 4.43. The second kappa shape index (κ2) is 17.5. The van der Waals surface area contributed by atoms with Gasteiger partial charge in [0.1, 0.15) is 0 Å². The van der Waals surface area contributed by atoms with Crippen molar-refractivity contribution in [1.82, 2.24) is 0 Å². The summed E-state index contributed by atoms with van der Waals surface area (Å²) in [4.78, 5) is 36.3. The van der Waals surface area contributed by atoms with Crippen molar-refractivity contribution in [2.24, 2.45) is 0 Å². The number of hydrogen-bond donors (Lipinski definition) is 4. The van der Waals surface area contributed by atoms with E-state index in [1.807, 2.05) is 0 Å². The molecule has 2 rings (SSSR count). The minimum Gasteiger partial charge on any atom is -0.493 e. The van der Waals surface area contributed by atoms with Crippen LogP contribution in [0.15, 0.2) is 30.3 Å². The standard InChI is InChI=1S/C17H20O11P2.3Rb/c1-24-13-7-6-11(8-14(13)27-29(18,19)20)4-5-12-9-15(25-2)17(26-3)16(10-12)28-30(21,22)23;;;/h4-10H,1-3H3,(H2,18,19,20)(H2,21,22,23);;;/q;3*+1/b5-4-;;;. The van der Waals surface area contributed by atoms with Gasteiger partial charge in [0.25, 0.3) is 0 Å². The smallest absolute Gasteiger partial charge is 0.493 e. The first-order valence-corrected chi connectivity index (χ1v) is 11.1. The Labute approximate surface area is 337 Å². The molecule has 0 amide bonds. The number of ether oxygens (including phenoxy) is 3. The van der Waals surface area contributed by atoms with Crippen molar-refractivity contribution < 1.29 is 227 Å². The van der Waals surface area contributed by atoms with Crippen molar-refractivity contribution in [3.63, 3.8) is 0 Å². The van der Waals surface area contributed by atoms with Gasteiger partial charge in [-0.1, -0.05) is 18.2 Å². The third kappa shape index (κ3) is 13.5. The van der Waals surface area contributed by atoms with Gasteiger partial charge in [-0.2, -0.15) is 0 Å². The summed E-state index contributed by atoms with van der Waals surface area (Å²) in [6, 6.07) is 7.28. The Morgan fingerprint density at radius 3 is 1.58 bits per heavy atom. The van der Waals surface area contributed by atoms with Crippen LogP contribution in [0.3, 0.4) is 0 Å². The molecule has 0 aromatic heterocycles. The van der Waals surface area contributed by atoms with Gasteiger partial charge in [0.05, 0.1) is 21.3 Å². The van der Waals surface area contributed by atoms with Crippen LogP contribution in [0.25, 0.3) is 12.2 Å². The molecule has 0 bridgehead atoms. The fourth-order valence-corrected chi connectivity index (χ4v) is 3.22. The Morgan fingerprint density at radius 2 is 1.09 bits per heavy atom. The van der Waals surface area contributed by atoms with Gasteiger partial charge in [0.15, 0.2) is 23.0 Å². The van der Waals surface area contributed by atoms with E-state index in [1.54, 1.807) is 24.3 Å². The van der Waals surface area contributed by atoms with Crippen LogP contribution in [0.2, 0.25) is 0 Å². The summed E-state index contributed by atoms with van der Waals surface area (Å²) in [6.45, 7) is 0. The molecule has 0 aliphatic heterocycles. The van der Waals surface area contributed by atoms with Gasteiger partial charge >= 0.3 is 190 Å². The van der Waals surface area contributed by atoms with E-state index in [2.05, 4.69) is 9.05 Å². The Bertz CT molecular complexity index is 1040. The van der Waals surface area contributed by atoms with E-state index in [1.165, 1.54) is 39.5 Å². The molecule has 4 N–H and O–H groups in total. The largest absolute Gasteiger partial charge is 1.00 e. The van der Waals surface area contributed by atoms with Crippen molar-refractivity contribution in [3.8, 4) is 28.7 Å². The second-order valence-corrected chi connectivity index (χ2v) is 7.99. The SMILES string of the molecule is COc1ccc(/C=C\c2cc(OC)c(OC)c(OP(=O)(O)O)c2)cc1OP(=O)(O)O.[Rb+].[Rb+].[Rb+]. The maximum atomic E-state index is 11.2. The van der Waals surface area contributed by atoms with Crippen LogP contribution in [0.5, 0.6) is 28.7 Å². The molecule has 164 valence electrons. The van der Waals surface area contributed by atoms with Crippen LogP contribution >= 0.6 is 15.6 Å². The molecule has 0 saturated heterocycles. The third-order valence-electron chi connectivity index (χ3n) is 3.56. The van der Waals surface area contributed by atoms with E-state index in [0.717, 1.165) is 0 Å². The van der Waals surface area contributed by atoms with Gasteiger partial charge in [-0.3, -0.25) is 19.6 Å². The first-order chi connectivity index (χ1) is 14.0. The van der Waals surface area contributed by atoms with Gasteiger partial charge in [0.2, 0.25) is 5.75 Å². The zero-order valence-corrected chi connectivity index (χ0v) is 35.6. The molecule has 16 heteroatoms. The molecule has 0 unspecified atom stereocenters. The van der Waals surface area contributed by atoms with Gasteiger partial charge in [-0.25, -0.2) is 9.13 Å². The topological polar surface area (TPSA) is 161 Å². The molecule has 0 radical (unpaired) electrons. The summed E-state index contributed by atoms with van der Waals surface area (Å²) < 4.78 is 47.0. The normalized spacial score (nSPS) is 10.9. The molecule has 33 heavy (non-hydrogen) atoms. The van der Waals surface area contributed by atoms with E-state index in [4.69, 9.17) is 33.8 Å². The summed E-state index contributed by atoms with van der Waals surface area (Å²) in [5, 5.41) is 0. The second-order valence-electron chi connectivity index (χ2n) is 5.66. The average Bonchev–Trinajstić information content (AvgIpc) is 2.63. The predicted octanol–water partition coefficient (Wildman–Crippen LogP) is -6.16. The van der Waals surface area contributed by atoms with Crippen molar-refractivity contribution >= 4 is 27.8 Å². The molecular formula is C17H20O11P2Rb3+3. The van der Waals surface area contributed by atoms with E-state index in [-0.39, 0.29) is 203 Å². The maximum Gasteiger partial charge on any atom is 1.00 e. The van der Waals surface area contributed by atoms with Crippen LogP contribution in [-0.4, -0.2) is 40.9 Å². The van der Waals surface area contributed by atoms with Crippen LogP contribution in [-0.2, 0) is 9.13 Å². The zero-order valence-electron chi connectivity index (χ0n) is 19.1. The van der Waals surface area contributed by atoms with Crippen LogP contribution in [0, 0.1) is 0 Å². The van der Waals surface area contributed by atoms with E-state index in [9.17, 15) is 9.13 Å². The molecule has 0 aliphatic carbocycles. The van der Waals surface area contributed by atoms with Crippen LogP contribution in [0.1, 0.15) is 11.1 Å². The molecule has 0 saturated carbocycles. The molecule has 0 aliphatic rings. The predicted molar refractivity (Wildman–Crippen MR) is 107 cm³/mol. The van der Waals surface area contributed by atoms with Crippen molar-refractivity contribution in [3.05, 3.63) is 41.5 Å². The van der Waals surface area contributed by atoms with Crippen molar-refractivity contribution in [2.75, 3.05) is 21.3 Å². The van der Waals surface area contributed by atoms with Gasteiger partial charge in [-0.05, 0) is 35.4 Å². The first kappa shape index (κ1) is 38.0. The monoisotopic (exact) mass is 717 g/mol. The Hall–Kier alpha value is 2.90. The number of methoxy groups -OCH3 is 3. The molecule has 2 aromatic carbocycles. The van der Waals surface area contributed by atoms with Gasteiger partial charge in [-0.15, -0.1) is 0 Å². The van der Waals surface area contributed by atoms with E-state index < -0.39 is 15.6 Å². The quantitative estimate of drug-likeness (QED) is 0.144. The van der Waals surface area contributed by atoms with Crippen molar-refractivity contribution in [2.45, 2.75) is 0 Å². The molecule has 0 spiro atoms. The van der Waals surface area contributed by atoms with E-state index in [0.29, 0.717) is 11.1 Å². The molecule has 0 heterocycles. The first-order valence-electron chi connectivity index (χ1n) is 8.08. The zero-order chi connectivity index (χ0) is 22.5. The summed E-state index contributed by atoms with van der Waals surface area (Å²) >= 11 is 0. The number of phosphoric ester groups is 2. The van der Waals surface area contributed by atoms with E-state index >= 15 is 0 Å². The fourth-order valence-electron chi connectivity index (χ4n) is 2.43. The van der Waals surface area contributed by atoms with Crippen LogP contribution in [0.4, 0.5) is 0 Å². The summed E-state index contributed by atoms with van der Waals surface area (Å²) in [5.41, 5.74) is 0.927. The number of benzene rings is 2. The number of hydrogen-bond acceptors (Lipinski definition) is 7. The average molecular weight is 719 g/mol. The molecule has 11 nitrogen and oxygen atoms in total. The Morgan fingerprint density at radius 1 is 0.636 bits per heavy atom. The summed E-state index contributed by atoms with van der Waals surface area (Å²) in [7, 11) is -5.69. The van der Waals surface area contributed by atoms with Crippen LogP contribution < -0.4 is 198 Å². The number of phosphoric acid groups is 2. The fraction of sp³-hybridized carbons (Fsp3) is 0.176. The summed E-state index contributed by atoms with van der Waals surface area (Å²) in [6.07, 6.45) is 3.12. The minimum atomic E-state index is -4.85. The Balaban J connectivity index is 0. The minimum absolute atomic E-state index is 0. The Kier molecular flexibility index (Phi) is 20.1. The van der Waals surface area contributed by atoms with Gasteiger partial charge in [0, 0.05) is 0 Å². The molecule has 0 fully saturated rings. The van der Waals surface area contributed by atoms with Gasteiger partial charge < -0.3 is 23.3 Å². The number of rotatable bonds is 9. The van der Waals surface area contributed by atoms with Crippen molar-refractivity contribution in [1.29, 1.82) is 0 Å². The summed E-state index contributed by atoms with van der Waals surface area (Å²) in [5.74, 6) is -0.0991. The maximum absolute atomic E-state index is 11.2.